The molecule has 1 fully saturated rings. The highest BCUT2D eigenvalue weighted by Gasteiger charge is 2.28. The summed E-state index contributed by atoms with van der Waals surface area (Å²) in [6, 6.07) is 8.86. The Balaban J connectivity index is 1.95. The van der Waals surface area contributed by atoms with E-state index in [0.29, 0.717) is 18.0 Å². The number of rotatable bonds is 7. The summed E-state index contributed by atoms with van der Waals surface area (Å²) in [5.74, 6) is 0.589. The molecule has 1 aliphatic rings. The Morgan fingerprint density at radius 3 is 2.60 bits per heavy atom. The van der Waals surface area contributed by atoms with Crippen molar-refractivity contribution in [2.45, 2.75) is 31.3 Å². The van der Waals surface area contributed by atoms with Gasteiger partial charge in [0.2, 0.25) is 5.91 Å². The Bertz CT molecular complexity index is 460. The zero-order chi connectivity index (χ0) is 14.4. The van der Waals surface area contributed by atoms with Crippen molar-refractivity contribution in [3.05, 3.63) is 35.9 Å². The molecule has 0 saturated heterocycles. The lowest BCUT2D eigenvalue weighted by molar-refractivity contribution is -0.123. The highest BCUT2D eigenvalue weighted by atomic mass is 32.2. The highest BCUT2D eigenvalue weighted by molar-refractivity contribution is 7.98. The standard InChI is InChI=1S/C15H20N2O2S/c1-20-10-9-13(15(19)16-12-7-8-12)17-14(18)11-5-3-2-4-6-11/h2-6,12-13H,7-10H2,1H3,(H,16,19)(H,17,18)/t13-/m0/s1. The molecule has 4 nitrogen and oxygen atoms in total. The summed E-state index contributed by atoms with van der Waals surface area (Å²) in [6.45, 7) is 0. The van der Waals surface area contributed by atoms with Crippen molar-refractivity contribution in [2.24, 2.45) is 0 Å². The summed E-state index contributed by atoms with van der Waals surface area (Å²) < 4.78 is 0. The van der Waals surface area contributed by atoms with Crippen LogP contribution in [-0.4, -0.2) is 35.9 Å². The van der Waals surface area contributed by atoms with Crippen molar-refractivity contribution < 1.29 is 9.59 Å². The molecule has 0 heterocycles. The van der Waals surface area contributed by atoms with Gasteiger partial charge in [0.05, 0.1) is 0 Å². The van der Waals surface area contributed by atoms with Crippen LogP contribution in [0.4, 0.5) is 0 Å². The summed E-state index contributed by atoms with van der Waals surface area (Å²) >= 11 is 1.67. The van der Waals surface area contributed by atoms with E-state index in [1.165, 1.54) is 0 Å². The SMILES string of the molecule is CSCC[C@H](NC(=O)c1ccccc1)C(=O)NC1CC1. The Labute approximate surface area is 123 Å². The fourth-order valence-electron chi connectivity index (χ4n) is 1.87. The number of thioether (sulfide) groups is 1. The largest absolute Gasteiger partial charge is 0.352 e. The summed E-state index contributed by atoms with van der Waals surface area (Å²) in [5.41, 5.74) is 0.584. The molecule has 1 atom stereocenters. The van der Waals surface area contributed by atoms with Gasteiger partial charge in [0, 0.05) is 11.6 Å². The third-order valence-electron chi connectivity index (χ3n) is 3.19. The quantitative estimate of drug-likeness (QED) is 0.806. The Morgan fingerprint density at radius 1 is 1.30 bits per heavy atom. The van der Waals surface area contributed by atoms with E-state index in [1.807, 2.05) is 24.5 Å². The second kappa shape index (κ2) is 7.33. The van der Waals surface area contributed by atoms with E-state index in [0.717, 1.165) is 18.6 Å². The van der Waals surface area contributed by atoms with Crippen LogP contribution in [0.3, 0.4) is 0 Å². The first-order chi connectivity index (χ1) is 9.70. The molecule has 108 valence electrons. The molecule has 5 heteroatoms. The van der Waals surface area contributed by atoms with Crippen LogP contribution in [0, 0.1) is 0 Å². The van der Waals surface area contributed by atoms with Gasteiger partial charge in [0.15, 0.2) is 0 Å². The number of nitrogens with one attached hydrogen (secondary N) is 2. The van der Waals surface area contributed by atoms with E-state index in [2.05, 4.69) is 10.6 Å². The number of benzene rings is 1. The Morgan fingerprint density at radius 2 is 2.00 bits per heavy atom. The fourth-order valence-corrected chi connectivity index (χ4v) is 2.34. The maximum Gasteiger partial charge on any atom is 0.251 e. The summed E-state index contributed by atoms with van der Waals surface area (Å²) in [7, 11) is 0. The number of carbonyl (C=O) groups is 2. The van der Waals surface area contributed by atoms with Crippen LogP contribution in [0.2, 0.25) is 0 Å². The van der Waals surface area contributed by atoms with Gasteiger partial charge in [-0.1, -0.05) is 18.2 Å². The summed E-state index contributed by atoms with van der Waals surface area (Å²) in [6.07, 6.45) is 4.74. The van der Waals surface area contributed by atoms with Crippen LogP contribution in [0.25, 0.3) is 0 Å². The molecular weight excluding hydrogens is 272 g/mol. The van der Waals surface area contributed by atoms with Crippen molar-refractivity contribution in [1.82, 2.24) is 10.6 Å². The maximum atomic E-state index is 12.1. The van der Waals surface area contributed by atoms with Gasteiger partial charge in [0.25, 0.3) is 5.91 Å². The lowest BCUT2D eigenvalue weighted by Gasteiger charge is -2.18. The van der Waals surface area contributed by atoms with Gasteiger partial charge in [-0.3, -0.25) is 9.59 Å². The Kier molecular flexibility index (Phi) is 5.47. The topological polar surface area (TPSA) is 58.2 Å². The average molecular weight is 292 g/mol. The van der Waals surface area contributed by atoms with Gasteiger partial charge in [0.1, 0.15) is 6.04 Å². The molecular formula is C15H20N2O2S. The third kappa shape index (κ3) is 4.56. The fraction of sp³-hybridized carbons (Fsp3) is 0.467. The number of hydrogen-bond acceptors (Lipinski definition) is 3. The van der Waals surface area contributed by atoms with Crippen LogP contribution in [0.15, 0.2) is 30.3 Å². The van der Waals surface area contributed by atoms with Gasteiger partial charge < -0.3 is 10.6 Å². The van der Waals surface area contributed by atoms with Crippen molar-refractivity contribution >= 4 is 23.6 Å². The van der Waals surface area contributed by atoms with Crippen molar-refractivity contribution in [3.8, 4) is 0 Å². The van der Waals surface area contributed by atoms with Gasteiger partial charge >= 0.3 is 0 Å². The minimum absolute atomic E-state index is 0.0640. The second-order valence-electron chi connectivity index (χ2n) is 4.96. The zero-order valence-electron chi connectivity index (χ0n) is 11.6. The minimum Gasteiger partial charge on any atom is -0.352 e. The molecule has 0 aromatic heterocycles. The first-order valence-electron chi connectivity index (χ1n) is 6.86. The van der Waals surface area contributed by atoms with Crippen LogP contribution in [0.5, 0.6) is 0 Å². The van der Waals surface area contributed by atoms with E-state index >= 15 is 0 Å². The molecule has 20 heavy (non-hydrogen) atoms. The molecule has 0 radical (unpaired) electrons. The van der Waals surface area contributed by atoms with Crippen molar-refractivity contribution in [3.63, 3.8) is 0 Å². The lowest BCUT2D eigenvalue weighted by atomic mass is 10.1. The first-order valence-corrected chi connectivity index (χ1v) is 8.25. The van der Waals surface area contributed by atoms with Crippen LogP contribution in [-0.2, 0) is 4.79 Å². The molecule has 2 rings (SSSR count). The molecule has 1 aromatic carbocycles. The normalized spacial score (nSPS) is 15.4. The molecule has 0 bridgehead atoms. The van der Waals surface area contributed by atoms with E-state index in [-0.39, 0.29) is 11.8 Å². The molecule has 0 unspecified atom stereocenters. The molecule has 0 aliphatic heterocycles. The van der Waals surface area contributed by atoms with E-state index in [1.54, 1.807) is 23.9 Å². The van der Waals surface area contributed by atoms with Crippen molar-refractivity contribution in [1.29, 1.82) is 0 Å². The first kappa shape index (κ1) is 14.9. The van der Waals surface area contributed by atoms with E-state index < -0.39 is 6.04 Å². The molecule has 1 aliphatic carbocycles. The summed E-state index contributed by atoms with van der Waals surface area (Å²) in [4.78, 5) is 24.3. The minimum atomic E-state index is -0.448. The van der Waals surface area contributed by atoms with Gasteiger partial charge in [-0.25, -0.2) is 0 Å². The number of amides is 2. The number of hydrogen-bond donors (Lipinski definition) is 2. The Hall–Kier alpha value is -1.49. The second-order valence-corrected chi connectivity index (χ2v) is 5.94. The van der Waals surface area contributed by atoms with Crippen molar-refractivity contribution in [2.75, 3.05) is 12.0 Å². The summed E-state index contributed by atoms with van der Waals surface area (Å²) in [5, 5.41) is 5.79. The molecule has 2 amide bonds. The predicted octanol–water partition coefficient (Wildman–Crippen LogP) is 1.82. The lowest BCUT2D eigenvalue weighted by Crippen LogP contribution is -2.47. The zero-order valence-corrected chi connectivity index (χ0v) is 12.4. The van der Waals surface area contributed by atoms with Gasteiger partial charge in [-0.05, 0) is 43.4 Å². The highest BCUT2D eigenvalue weighted by Crippen LogP contribution is 2.19. The third-order valence-corrected chi connectivity index (χ3v) is 3.84. The smallest absolute Gasteiger partial charge is 0.251 e. The molecule has 0 spiro atoms. The molecule has 1 aromatic rings. The van der Waals surface area contributed by atoms with E-state index in [9.17, 15) is 9.59 Å². The van der Waals surface area contributed by atoms with Crippen LogP contribution < -0.4 is 10.6 Å². The van der Waals surface area contributed by atoms with Crippen LogP contribution >= 0.6 is 11.8 Å². The van der Waals surface area contributed by atoms with Gasteiger partial charge in [-0.15, -0.1) is 0 Å². The van der Waals surface area contributed by atoms with E-state index in [4.69, 9.17) is 0 Å². The molecule has 1 saturated carbocycles. The maximum absolute atomic E-state index is 12.1. The predicted molar refractivity (Wildman–Crippen MR) is 81.9 cm³/mol. The van der Waals surface area contributed by atoms with Crippen LogP contribution in [0.1, 0.15) is 29.6 Å². The monoisotopic (exact) mass is 292 g/mol. The van der Waals surface area contributed by atoms with Gasteiger partial charge in [-0.2, -0.15) is 11.8 Å². The average Bonchev–Trinajstić information content (AvgIpc) is 3.28. The number of carbonyl (C=O) groups excluding carboxylic acids is 2. The molecule has 2 N–H and O–H groups in total.